The van der Waals surface area contributed by atoms with Crippen molar-refractivity contribution in [3.05, 3.63) is 0 Å². The Morgan fingerprint density at radius 1 is 0.404 bits per heavy atom. The van der Waals surface area contributed by atoms with E-state index in [1.165, 1.54) is 199 Å². The molecule has 0 atom stereocenters. The van der Waals surface area contributed by atoms with Crippen LogP contribution in [0.1, 0.15) is 226 Å². The Kier molecular flexibility index (Phi) is 45.8. The number of hydrogen-bond acceptors (Lipinski definition) is 6. The van der Waals surface area contributed by atoms with Crippen molar-refractivity contribution >= 4 is 5.91 Å². The maximum Gasteiger partial charge on any atom is 0.235 e. The third kappa shape index (κ3) is 43.7. The van der Waals surface area contributed by atoms with Crippen molar-refractivity contribution in [2.45, 2.75) is 226 Å². The molecule has 0 spiro atoms. The van der Waals surface area contributed by atoms with E-state index in [1.54, 1.807) is 0 Å². The molecule has 0 radical (unpaired) electrons. The highest BCUT2D eigenvalue weighted by Crippen LogP contribution is 2.16. The summed E-state index contributed by atoms with van der Waals surface area (Å²) in [4.78, 5) is 12.6. The number of nitrogens with two attached hydrogens (primary N) is 1. The van der Waals surface area contributed by atoms with Gasteiger partial charge in [-0.05, 0) is 71.2 Å². The Morgan fingerprint density at radius 2 is 0.750 bits per heavy atom. The topological polar surface area (TPSA) is 94.5 Å². The molecule has 7 heteroatoms. The van der Waals surface area contributed by atoms with E-state index >= 15 is 0 Å². The largest absolute Gasteiger partial charge is 0.355 e. The molecule has 0 aliphatic heterocycles. The van der Waals surface area contributed by atoms with Crippen LogP contribution < -0.4 is 27.1 Å². The molecule has 0 bridgehead atoms. The minimum atomic E-state index is 0.140. The summed E-state index contributed by atoms with van der Waals surface area (Å²) < 4.78 is 0. The fourth-order valence-corrected chi connectivity index (χ4v) is 7.09. The van der Waals surface area contributed by atoms with E-state index in [4.69, 9.17) is 5.73 Å². The van der Waals surface area contributed by atoms with Crippen LogP contribution in [-0.2, 0) is 4.79 Å². The van der Waals surface area contributed by atoms with Gasteiger partial charge in [0.2, 0.25) is 5.91 Å². The Morgan fingerprint density at radius 3 is 1.17 bits per heavy atom. The van der Waals surface area contributed by atoms with E-state index in [2.05, 4.69) is 40.2 Å². The predicted molar refractivity (Wildman–Crippen MR) is 231 cm³/mol. The second-order valence-corrected chi connectivity index (χ2v) is 15.9. The number of nitrogens with one attached hydrogen (secondary N) is 4. The van der Waals surface area contributed by atoms with Crippen molar-refractivity contribution in [1.82, 2.24) is 26.4 Å². The molecule has 1 amide bonds. The summed E-state index contributed by atoms with van der Waals surface area (Å²) in [6.07, 6.45) is 45.1. The molecule has 0 saturated carbocycles. The third-order valence-corrected chi connectivity index (χ3v) is 10.6. The SMILES string of the molecule is CCCCCCCCCCCCCCCCCCCCCCCCCCCCN(CC(=O)NCCCNCCCCNCCCN)NCCCCC. The molecule has 0 aromatic carbocycles. The molecule has 0 rings (SSSR count). The fraction of sp³-hybridized carbons (Fsp3) is 0.978. The molecular formula is C45H96N6O. The first-order valence-electron chi connectivity index (χ1n) is 23.6. The van der Waals surface area contributed by atoms with Gasteiger partial charge < -0.3 is 21.7 Å². The van der Waals surface area contributed by atoms with Crippen molar-refractivity contribution in [2.24, 2.45) is 5.73 Å². The lowest BCUT2D eigenvalue weighted by Gasteiger charge is -2.23. The second kappa shape index (κ2) is 46.4. The molecule has 0 aliphatic carbocycles. The Balaban J connectivity index is 3.59. The molecule has 0 aromatic rings. The normalized spacial score (nSPS) is 11.6. The molecule has 52 heavy (non-hydrogen) atoms. The van der Waals surface area contributed by atoms with E-state index in [0.29, 0.717) is 6.54 Å². The lowest BCUT2D eigenvalue weighted by atomic mass is 10.0. The fourth-order valence-electron chi connectivity index (χ4n) is 7.09. The molecule has 0 fully saturated rings. The van der Waals surface area contributed by atoms with Crippen LogP contribution in [0.3, 0.4) is 0 Å². The quantitative estimate of drug-likeness (QED) is 0.0316. The number of carbonyl (C=O) groups is 1. The third-order valence-electron chi connectivity index (χ3n) is 10.6. The Bertz CT molecular complexity index is 666. The number of hydrogen-bond donors (Lipinski definition) is 5. The zero-order valence-electron chi connectivity index (χ0n) is 35.6. The molecule has 6 N–H and O–H groups in total. The van der Waals surface area contributed by atoms with Crippen LogP contribution in [0.25, 0.3) is 0 Å². The van der Waals surface area contributed by atoms with Crippen molar-refractivity contribution in [1.29, 1.82) is 0 Å². The number of amides is 1. The van der Waals surface area contributed by atoms with E-state index in [1.807, 2.05) is 0 Å². The molecule has 312 valence electrons. The van der Waals surface area contributed by atoms with Gasteiger partial charge in [0.1, 0.15) is 0 Å². The first kappa shape index (κ1) is 51.3. The second-order valence-electron chi connectivity index (χ2n) is 15.9. The van der Waals surface area contributed by atoms with Crippen LogP contribution in [-0.4, -0.2) is 69.8 Å². The standard InChI is InChI=1S/C45H96N6O/c1-3-5-7-8-9-10-11-12-13-14-15-16-17-18-19-20-21-22-23-24-25-26-27-28-29-33-43-51(50-42-30-6-4-2)44-45(52)49-41-35-40-48-38-32-31-37-47-39-34-36-46/h47-48,50H,3-44,46H2,1-2H3,(H,49,52). The van der Waals surface area contributed by atoms with Gasteiger partial charge in [-0.15, -0.1) is 0 Å². The van der Waals surface area contributed by atoms with Gasteiger partial charge in [0.05, 0.1) is 6.54 Å². The highest BCUT2D eigenvalue weighted by atomic mass is 16.2. The number of carbonyl (C=O) groups excluding carboxylic acids is 1. The minimum Gasteiger partial charge on any atom is -0.355 e. The van der Waals surface area contributed by atoms with Crippen molar-refractivity contribution < 1.29 is 4.79 Å². The smallest absolute Gasteiger partial charge is 0.235 e. The molecule has 0 saturated heterocycles. The maximum atomic E-state index is 12.6. The van der Waals surface area contributed by atoms with Crippen LogP contribution >= 0.6 is 0 Å². The van der Waals surface area contributed by atoms with Gasteiger partial charge in [0.15, 0.2) is 0 Å². The van der Waals surface area contributed by atoms with E-state index in [-0.39, 0.29) is 5.91 Å². The van der Waals surface area contributed by atoms with Crippen molar-refractivity contribution in [3.63, 3.8) is 0 Å². The first-order valence-corrected chi connectivity index (χ1v) is 23.6. The van der Waals surface area contributed by atoms with E-state index in [9.17, 15) is 4.79 Å². The van der Waals surface area contributed by atoms with Gasteiger partial charge >= 0.3 is 0 Å². The van der Waals surface area contributed by atoms with Gasteiger partial charge in [-0.1, -0.05) is 187 Å². The molecular weight excluding hydrogens is 641 g/mol. The average molecular weight is 737 g/mol. The summed E-state index contributed by atoms with van der Waals surface area (Å²) in [6.45, 7) is 12.5. The number of hydrazine groups is 1. The summed E-state index contributed by atoms with van der Waals surface area (Å²) >= 11 is 0. The molecule has 0 unspecified atom stereocenters. The van der Waals surface area contributed by atoms with Gasteiger partial charge in [-0.3, -0.25) is 10.2 Å². The summed E-state index contributed by atoms with van der Waals surface area (Å²) in [5, 5.41) is 12.2. The average Bonchev–Trinajstić information content (AvgIpc) is 3.15. The maximum absolute atomic E-state index is 12.6. The minimum absolute atomic E-state index is 0.140. The highest BCUT2D eigenvalue weighted by Gasteiger charge is 2.10. The van der Waals surface area contributed by atoms with Crippen LogP contribution in [0.4, 0.5) is 0 Å². The summed E-state index contributed by atoms with van der Waals surface area (Å²) in [7, 11) is 0. The zero-order valence-corrected chi connectivity index (χ0v) is 35.6. The molecule has 7 nitrogen and oxygen atoms in total. The van der Waals surface area contributed by atoms with Crippen LogP contribution in [0.15, 0.2) is 0 Å². The highest BCUT2D eigenvalue weighted by molar-refractivity contribution is 5.77. The van der Waals surface area contributed by atoms with Crippen LogP contribution in [0.2, 0.25) is 0 Å². The van der Waals surface area contributed by atoms with Crippen molar-refractivity contribution in [2.75, 3.05) is 58.9 Å². The summed E-state index contributed by atoms with van der Waals surface area (Å²) in [5.74, 6) is 0.140. The van der Waals surface area contributed by atoms with Gasteiger partial charge in [-0.2, -0.15) is 0 Å². The predicted octanol–water partition coefficient (Wildman–Crippen LogP) is 11.0. The molecule has 0 aromatic heterocycles. The van der Waals surface area contributed by atoms with Gasteiger partial charge in [-0.25, -0.2) is 5.01 Å². The van der Waals surface area contributed by atoms with Gasteiger partial charge in [0, 0.05) is 19.6 Å². The van der Waals surface area contributed by atoms with Crippen LogP contribution in [0.5, 0.6) is 0 Å². The Labute approximate surface area is 326 Å². The lowest BCUT2D eigenvalue weighted by Crippen LogP contribution is -2.46. The lowest BCUT2D eigenvalue weighted by molar-refractivity contribution is -0.123. The Hall–Kier alpha value is -0.730. The van der Waals surface area contributed by atoms with E-state index < -0.39 is 0 Å². The number of rotatable bonds is 46. The monoisotopic (exact) mass is 737 g/mol. The van der Waals surface area contributed by atoms with Crippen molar-refractivity contribution in [3.8, 4) is 0 Å². The van der Waals surface area contributed by atoms with Gasteiger partial charge in [0.25, 0.3) is 0 Å². The zero-order chi connectivity index (χ0) is 37.7. The molecule has 0 aliphatic rings. The summed E-state index contributed by atoms with van der Waals surface area (Å²) in [5.41, 5.74) is 9.07. The number of nitrogens with zero attached hydrogens (tertiary/aromatic N) is 1. The van der Waals surface area contributed by atoms with Crippen LogP contribution in [0, 0.1) is 0 Å². The molecule has 0 heterocycles. The first-order chi connectivity index (χ1) is 25.7. The van der Waals surface area contributed by atoms with E-state index in [0.717, 1.165) is 65.2 Å². The summed E-state index contributed by atoms with van der Waals surface area (Å²) in [6, 6.07) is 0. The number of unbranched alkanes of at least 4 members (excludes halogenated alkanes) is 28.